The maximum Gasteiger partial charge on any atom is 0.410 e. The van der Waals surface area contributed by atoms with Crippen molar-refractivity contribution >= 4 is 24.1 Å². The predicted molar refractivity (Wildman–Crippen MR) is 120 cm³/mol. The molecule has 0 aliphatic carbocycles. The summed E-state index contributed by atoms with van der Waals surface area (Å²) in [5.74, 6) is -1.09. The first-order valence-corrected chi connectivity index (χ1v) is 10.8. The summed E-state index contributed by atoms with van der Waals surface area (Å²) in [6.45, 7) is 12.2. The molecule has 3 amide bonds. The zero-order chi connectivity index (χ0) is 25.3. The minimum Gasteiger partial charge on any atom is -0.464 e. The molecule has 2 atom stereocenters. The van der Waals surface area contributed by atoms with Crippen molar-refractivity contribution in [3.05, 3.63) is 0 Å². The topological polar surface area (TPSA) is 114 Å². The molecule has 0 spiro atoms. The third kappa shape index (κ3) is 9.32. The van der Waals surface area contributed by atoms with Crippen molar-refractivity contribution in [1.29, 1.82) is 0 Å². The molecule has 32 heavy (non-hydrogen) atoms. The van der Waals surface area contributed by atoms with Gasteiger partial charge in [-0.3, -0.25) is 9.69 Å². The molecule has 186 valence electrons. The Labute approximate surface area is 191 Å². The number of esters is 1. The summed E-state index contributed by atoms with van der Waals surface area (Å²) < 4.78 is 15.9. The summed E-state index contributed by atoms with van der Waals surface area (Å²) in [6.07, 6.45) is 0.218. The second-order valence-electron chi connectivity index (χ2n) is 9.45. The van der Waals surface area contributed by atoms with Crippen molar-refractivity contribution in [2.45, 2.75) is 79.0 Å². The molecule has 0 fully saturated rings. The van der Waals surface area contributed by atoms with Crippen LogP contribution in [0.5, 0.6) is 0 Å². The highest BCUT2D eigenvalue weighted by Crippen LogP contribution is 2.28. The van der Waals surface area contributed by atoms with Crippen molar-refractivity contribution in [3.8, 4) is 0 Å². The molecule has 0 bridgehead atoms. The van der Waals surface area contributed by atoms with Crippen LogP contribution in [0.4, 0.5) is 9.59 Å². The first-order chi connectivity index (χ1) is 14.6. The van der Waals surface area contributed by atoms with Crippen molar-refractivity contribution in [3.63, 3.8) is 0 Å². The summed E-state index contributed by atoms with van der Waals surface area (Å²) in [4.78, 5) is 52.6. The number of alkyl carbamates (subject to hydrolysis) is 1. The fourth-order valence-electron chi connectivity index (χ4n) is 2.88. The average molecular weight is 460 g/mol. The first-order valence-electron chi connectivity index (χ1n) is 10.8. The highest BCUT2D eigenvalue weighted by atomic mass is 16.6. The number of nitrogens with zero attached hydrogens (tertiary/aromatic N) is 2. The van der Waals surface area contributed by atoms with Gasteiger partial charge in [-0.15, -0.1) is 0 Å². The van der Waals surface area contributed by atoms with E-state index in [0.29, 0.717) is 6.42 Å². The lowest BCUT2D eigenvalue weighted by atomic mass is 9.84. The van der Waals surface area contributed by atoms with Gasteiger partial charge in [0.2, 0.25) is 5.91 Å². The van der Waals surface area contributed by atoms with E-state index in [1.807, 2.05) is 6.92 Å². The van der Waals surface area contributed by atoms with Crippen LogP contribution in [0.1, 0.15) is 61.3 Å². The van der Waals surface area contributed by atoms with E-state index in [0.717, 1.165) is 6.42 Å². The number of carbonyl (C=O) groups excluding carboxylic acids is 4. The average Bonchev–Trinajstić information content (AvgIpc) is 2.68. The Morgan fingerprint density at radius 1 is 0.969 bits per heavy atom. The normalized spacial score (nSPS) is 13.4. The zero-order valence-corrected chi connectivity index (χ0v) is 21.2. The SMILES string of the molecule is CCCCOC(=O)[C@@H](N(C)C(=O)[C@@H](C)N(C)C(=O)OC(C)(C)C)C(C)(C)COC(=O)NC. The smallest absolute Gasteiger partial charge is 0.410 e. The van der Waals surface area contributed by atoms with Crippen molar-refractivity contribution in [2.24, 2.45) is 5.41 Å². The second-order valence-corrected chi connectivity index (χ2v) is 9.45. The van der Waals surface area contributed by atoms with Gasteiger partial charge in [0.25, 0.3) is 0 Å². The number of carbonyl (C=O) groups is 4. The zero-order valence-electron chi connectivity index (χ0n) is 21.2. The predicted octanol–water partition coefficient (Wildman–Crippen LogP) is 2.79. The fourth-order valence-corrected chi connectivity index (χ4v) is 2.88. The second kappa shape index (κ2) is 12.5. The molecular formula is C22H41N3O7. The molecule has 0 aromatic carbocycles. The van der Waals surface area contributed by atoms with Crippen LogP contribution in [0.25, 0.3) is 0 Å². The molecule has 10 nitrogen and oxygen atoms in total. The fraction of sp³-hybridized carbons (Fsp3) is 0.818. The highest BCUT2D eigenvalue weighted by molar-refractivity contribution is 5.89. The number of nitrogens with one attached hydrogen (secondary N) is 1. The molecular weight excluding hydrogens is 418 g/mol. The van der Waals surface area contributed by atoms with Crippen LogP contribution in [0.2, 0.25) is 0 Å². The number of hydrogen-bond donors (Lipinski definition) is 1. The summed E-state index contributed by atoms with van der Waals surface area (Å²) in [6, 6.07) is -1.96. The number of ether oxygens (including phenoxy) is 3. The minimum atomic E-state index is -1.05. The van der Waals surface area contributed by atoms with Crippen LogP contribution in [0.15, 0.2) is 0 Å². The number of amides is 3. The Morgan fingerprint density at radius 2 is 1.53 bits per heavy atom. The van der Waals surface area contributed by atoms with Crippen LogP contribution in [0, 0.1) is 5.41 Å². The number of likely N-dealkylation sites (N-methyl/N-ethyl adjacent to an activating group) is 2. The van der Waals surface area contributed by atoms with Gasteiger partial charge in [-0.2, -0.15) is 0 Å². The summed E-state index contributed by atoms with van der Waals surface area (Å²) >= 11 is 0. The van der Waals surface area contributed by atoms with Gasteiger partial charge in [-0.1, -0.05) is 27.2 Å². The molecule has 0 rings (SSSR count). The van der Waals surface area contributed by atoms with E-state index < -0.39 is 47.2 Å². The van der Waals surface area contributed by atoms with Gasteiger partial charge >= 0.3 is 18.2 Å². The van der Waals surface area contributed by atoms with Crippen molar-refractivity contribution in [1.82, 2.24) is 15.1 Å². The maximum absolute atomic E-state index is 13.2. The van der Waals surface area contributed by atoms with Crippen LogP contribution < -0.4 is 5.32 Å². The Bertz CT molecular complexity index is 658. The van der Waals surface area contributed by atoms with E-state index in [1.165, 1.54) is 30.9 Å². The molecule has 0 aliphatic heterocycles. The number of unbranched alkanes of at least 4 members (excludes halogenated alkanes) is 1. The molecule has 0 radical (unpaired) electrons. The van der Waals surface area contributed by atoms with Crippen LogP contribution in [-0.4, -0.2) is 85.9 Å². The Kier molecular flexibility index (Phi) is 11.5. The lowest BCUT2D eigenvalue weighted by molar-refractivity contribution is -0.162. The van der Waals surface area contributed by atoms with E-state index >= 15 is 0 Å². The molecule has 0 aromatic rings. The van der Waals surface area contributed by atoms with Crippen LogP contribution in [-0.2, 0) is 23.8 Å². The molecule has 1 N–H and O–H groups in total. The van der Waals surface area contributed by atoms with Gasteiger partial charge in [0.1, 0.15) is 24.3 Å². The van der Waals surface area contributed by atoms with Gasteiger partial charge in [0.05, 0.1) is 6.61 Å². The summed E-state index contributed by atoms with van der Waals surface area (Å²) in [5, 5.41) is 2.35. The molecule has 0 saturated heterocycles. The van der Waals surface area contributed by atoms with Gasteiger partial charge < -0.3 is 24.4 Å². The van der Waals surface area contributed by atoms with Gasteiger partial charge in [0, 0.05) is 26.6 Å². The van der Waals surface area contributed by atoms with Crippen molar-refractivity contribution < 1.29 is 33.4 Å². The first kappa shape index (κ1) is 29.5. The summed E-state index contributed by atoms with van der Waals surface area (Å²) in [5.41, 5.74) is -1.69. The molecule has 0 aromatic heterocycles. The monoisotopic (exact) mass is 459 g/mol. The molecule has 0 unspecified atom stereocenters. The van der Waals surface area contributed by atoms with Gasteiger partial charge in [0.15, 0.2) is 0 Å². The Balaban J connectivity index is 5.70. The van der Waals surface area contributed by atoms with Crippen molar-refractivity contribution in [2.75, 3.05) is 34.4 Å². The maximum atomic E-state index is 13.2. The highest BCUT2D eigenvalue weighted by Gasteiger charge is 2.44. The Hall–Kier alpha value is -2.52. The number of hydrogen-bond acceptors (Lipinski definition) is 7. The minimum absolute atomic E-state index is 0.131. The molecule has 0 heterocycles. The third-order valence-corrected chi connectivity index (χ3v) is 4.84. The molecule has 0 saturated carbocycles. The Morgan fingerprint density at radius 3 is 2.00 bits per heavy atom. The largest absolute Gasteiger partial charge is 0.464 e. The van der Waals surface area contributed by atoms with E-state index in [9.17, 15) is 19.2 Å². The van der Waals surface area contributed by atoms with Crippen LogP contribution in [0.3, 0.4) is 0 Å². The van der Waals surface area contributed by atoms with Crippen LogP contribution >= 0.6 is 0 Å². The third-order valence-electron chi connectivity index (χ3n) is 4.84. The lowest BCUT2D eigenvalue weighted by Crippen LogP contribution is -2.58. The summed E-state index contributed by atoms with van der Waals surface area (Å²) in [7, 11) is 4.35. The number of rotatable bonds is 10. The van der Waals surface area contributed by atoms with E-state index in [4.69, 9.17) is 14.2 Å². The quantitative estimate of drug-likeness (QED) is 0.303. The molecule has 0 aliphatic rings. The van der Waals surface area contributed by atoms with E-state index in [-0.39, 0.29) is 13.2 Å². The van der Waals surface area contributed by atoms with Gasteiger partial charge in [-0.25, -0.2) is 14.4 Å². The lowest BCUT2D eigenvalue weighted by Gasteiger charge is -2.40. The molecule has 10 heteroatoms. The van der Waals surface area contributed by atoms with E-state index in [1.54, 1.807) is 41.5 Å². The van der Waals surface area contributed by atoms with E-state index in [2.05, 4.69) is 5.32 Å². The van der Waals surface area contributed by atoms with Gasteiger partial charge in [-0.05, 0) is 34.1 Å². The standard InChI is InChI=1S/C22H41N3O7/c1-11-12-13-30-18(27)16(22(6,7)14-31-19(28)23-8)25(10)17(26)15(2)24(9)20(29)32-21(3,4)5/h15-16H,11-14H2,1-10H3,(H,23,28)/t15-,16-/m1/s1.